The summed E-state index contributed by atoms with van der Waals surface area (Å²) in [5, 5.41) is 18.0. The molecule has 0 aliphatic rings. The third-order valence-electron chi connectivity index (χ3n) is 4.29. The number of hydrogen-bond donors (Lipinski definition) is 3. The van der Waals surface area contributed by atoms with Crippen molar-refractivity contribution in [1.29, 1.82) is 0 Å². The van der Waals surface area contributed by atoms with Gasteiger partial charge in [0.25, 0.3) is 0 Å². The minimum absolute atomic E-state index is 0.147. The van der Waals surface area contributed by atoms with Crippen LogP contribution in [0.5, 0.6) is 0 Å². The molecule has 6 nitrogen and oxygen atoms in total. The molecule has 0 bridgehead atoms. The number of benzene rings is 3. The lowest BCUT2D eigenvalue weighted by atomic mass is 10.0. The molecule has 0 atom stereocenters. The Labute approximate surface area is 163 Å². The fourth-order valence-electron chi connectivity index (χ4n) is 2.99. The minimum atomic E-state index is -4.14. The van der Waals surface area contributed by atoms with Crippen LogP contribution in [-0.2, 0) is 16.4 Å². The Kier molecular flexibility index (Phi) is 5.77. The summed E-state index contributed by atoms with van der Waals surface area (Å²) >= 11 is 0. The molecule has 0 fully saturated rings. The third kappa shape index (κ3) is 4.57. The van der Waals surface area contributed by atoms with Crippen molar-refractivity contribution >= 4 is 21.7 Å². The molecular formula is C21H20N2O4S. The molecule has 3 rings (SSSR count). The van der Waals surface area contributed by atoms with Gasteiger partial charge in [-0.2, -0.15) is 0 Å². The van der Waals surface area contributed by atoms with Crippen molar-refractivity contribution in [3.05, 3.63) is 83.9 Å². The number of nitrogens with one attached hydrogen (secondary N) is 1. The average molecular weight is 396 g/mol. The van der Waals surface area contributed by atoms with E-state index in [4.69, 9.17) is 5.14 Å². The highest BCUT2D eigenvalue weighted by Crippen LogP contribution is 2.35. The Balaban J connectivity index is 2.07. The Bertz CT molecular complexity index is 1080. The highest BCUT2D eigenvalue weighted by atomic mass is 32.2. The van der Waals surface area contributed by atoms with Crippen molar-refractivity contribution in [1.82, 2.24) is 0 Å². The molecule has 0 aliphatic heterocycles. The van der Waals surface area contributed by atoms with Gasteiger partial charge in [0.1, 0.15) is 0 Å². The average Bonchev–Trinajstić information content (AvgIpc) is 2.68. The van der Waals surface area contributed by atoms with E-state index in [1.807, 2.05) is 36.4 Å². The van der Waals surface area contributed by atoms with Gasteiger partial charge in [-0.3, -0.25) is 0 Å². The first-order valence-electron chi connectivity index (χ1n) is 8.63. The van der Waals surface area contributed by atoms with Crippen molar-refractivity contribution in [3.63, 3.8) is 0 Å². The monoisotopic (exact) mass is 396 g/mol. The molecule has 0 spiro atoms. The normalized spacial score (nSPS) is 11.2. The van der Waals surface area contributed by atoms with Crippen LogP contribution in [0.2, 0.25) is 0 Å². The highest BCUT2D eigenvalue weighted by Gasteiger charge is 2.22. The molecule has 4 N–H and O–H groups in total. The highest BCUT2D eigenvalue weighted by molar-refractivity contribution is 7.89. The standard InChI is InChI=1S/C21H20N2O4S/c22-28(26,27)19-14-17(21(24)25)13-18(20(19)16-9-5-2-6-10-16)23-12-11-15-7-3-1-4-8-15/h1-10,13-14,23H,11-12H2,(H,24,25)(H2,22,26,27). The molecule has 7 heteroatoms. The van der Waals surface area contributed by atoms with Gasteiger partial charge < -0.3 is 10.4 Å². The van der Waals surface area contributed by atoms with Gasteiger partial charge in [-0.25, -0.2) is 18.4 Å². The van der Waals surface area contributed by atoms with Gasteiger partial charge in [-0.05, 0) is 29.7 Å². The number of nitrogens with two attached hydrogens (primary N) is 1. The molecule has 144 valence electrons. The number of primary sulfonamides is 1. The van der Waals surface area contributed by atoms with Gasteiger partial charge in [-0.1, -0.05) is 60.7 Å². The van der Waals surface area contributed by atoms with E-state index in [2.05, 4.69) is 5.32 Å². The van der Waals surface area contributed by atoms with Crippen molar-refractivity contribution in [2.75, 3.05) is 11.9 Å². The zero-order valence-corrected chi connectivity index (χ0v) is 15.8. The van der Waals surface area contributed by atoms with Crippen molar-refractivity contribution in [2.45, 2.75) is 11.3 Å². The van der Waals surface area contributed by atoms with E-state index in [0.717, 1.165) is 11.6 Å². The first kappa shape index (κ1) is 19.6. The Hall–Kier alpha value is -3.16. The second kappa shape index (κ2) is 8.24. The fraction of sp³-hybridized carbons (Fsp3) is 0.0952. The lowest BCUT2D eigenvalue weighted by Gasteiger charge is -2.17. The summed E-state index contributed by atoms with van der Waals surface area (Å²) in [4.78, 5) is 11.3. The maximum absolute atomic E-state index is 12.2. The predicted molar refractivity (Wildman–Crippen MR) is 109 cm³/mol. The second-order valence-corrected chi connectivity index (χ2v) is 7.81. The third-order valence-corrected chi connectivity index (χ3v) is 5.23. The Morgan fingerprint density at radius 3 is 2.14 bits per heavy atom. The van der Waals surface area contributed by atoms with E-state index in [-0.39, 0.29) is 10.5 Å². The summed E-state index contributed by atoms with van der Waals surface area (Å²) in [7, 11) is -4.14. The van der Waals surface area contributed by atoms with Crippen LogP contribution in [0.3, 0.4) is 0 Å². The molecule has 0 amide bonds. The van der Waals surface area contributed by atoms with E-state index in [1.165, 1.54) is 6.07 Å². The van der Waals surface area contributed by atoms with Crippen molar-refractivity contribution in [2.24, 2.45) is 5.14 Å². The maximum atomic E-state index is 12.2. The lowest BCUT2D eigenvalue weighted by Crippen LogP contribution is -2.17. The molecule has 0 aromatic heterocycles. The van der Waals surface area contributed by atoms with Crippen LogP contribution in [0.25, 0.3) is 11.1 Å². The van der Waals surface area contributed by atoms with Gasteiger partial charge in [0, 0.05) is 17.8 Å². The summed E-state index contributed by atoms with van der Waals surface area (Å²) in [5.74, 6) is -1.23. The largest absolute Gasteiger partial charge is 0.478 e. The minimum Gasteiger partial charge on any atom is -0.478 e. The summed E-state index contributed by atoms with van der Waals surface area (Å²) in [6.07, 6.45) is 0.692. The Morgan fingerprint density at radius 1 is 0.964 bits per heavy atom. The van der Waals surface area contributed by atoms with Gasteiger partial charge in [-0.15, -0.1) is 0 Å². The van der Waals surface area contributed by atoms with Crippen molar-refractivity contribution < 1.29 is 18.3 Å². The van der Waals surface area contributed by atoms with Gasteiger partial charge >= 0.3 is 5.97 Å². The molecule has 0 saturated heterocycles. The smallest absolute Gasteiger partial charge is 0.335 e. The number of rotatable bonds is 7. The second-order valence-electron chi connectivity index (χ2n) is 6.28. The quantitative estimate of drug-likeness (QED) is 0.567. The van der Waals surface area contributed by atoms with Gasteiger partial charge in [0.15, 0.2) is 0 Å². The number of anilines is 1. The molecule has 0 unspecified atom stereocenters. The molecular weight excluding hydrogens is 376 g/mol. The molecule has 0 aliphatic carbocycles. The SMILES string of the molecule is NS(=O)(=O)c1cc(C(=O)O)cc(NCCc2ccccc2)c1-c1ccccc1. The van der Waals surface area contributed by atoms with Crippen LogP contribution in [0.15, 0.2) is 77.7 Å². The van der Waals surface area contributed by atoms with E-state index in [0.29, 0.717) is 29.8 Å². The summed E-state index contributed by atoms with van der Waals surface area (Å²) in [6, 6.07) is 21.2. The number of hydrogen-bond acceptors (Lipinski definition) is 4. The summed E-state index contributed by atoms with van der Waals surface area (Å²) < 4.78 is 24.4. The van der Waals surface area contributed by atoms with Crippen molar-refractivity contribution in [3.8, 4) is 11.1 Å². The van der Waals surface area contributed by atoms with Gasteiger partial charge in [0.2, 0.25) is 10.0 Å². The lowest BCUT2D eigenvalue weighted by molar-refractivity contribution is 0.0696. The Morgan fingerprint density at radius 2 is 1.57 bits per heavy atom. The zero-order valence-electron chi connectivity index (χ0n) is 15.0. The topological polar surface area (TPSA) is 109 Å². The molecule has 0 heterocycles. The predicted octanol–water partition coefficient (Wildman–Crippen LogP) is 3.35. The van der Waals surface area contributed by atoms with Crippen LogP contribution in [0.4, 0.5) is 5.69 Å². The van der Waals surface area contributed by atoms with E-state index in [1.54, 1.807) is 24.3 Å². The fourth-order valence-corrected chi connectivity index (χ4v) is 3.80. The van der Waals surface area contributed by atoms with Crippen LogP contribution in [0, 0.1) is 0 Å². The molecule has 28 heavy (non-hydrogen) atoms. The van der Waals surface area contributed by atoms with E-state index < -0.39 is 16.0 Å². The maximum Gasteiger partial charge on any atom is 0.335 e. The first-order valence-corrected chi connectivity index (χ1v) is 10.2. The molecule has 0 radical (unpaired) electrons. The summed E-state index contributed by atoms with van der Waals surface area (Å²) in [5.41, 5.74) is 2.36. The zero-order chi connectivity index (χ0) is 20.1. The number of carboxylic acids is 1. The van der Waals surface area contributed by atoms with Crippen LogP contribution in [0.1, 0.15) is 15.9 Å². The van der Waals surface area contributed by atoms with Gasteiger partial charge in [0.05, 0.1) is 10.5 Å². The number of aromatic carboxylic acids is 1. The summed E-state index contributed by atoms with van der Waals surface area (Å²) in [6.45, 7) is 0.497. The number of carboxylic acid groups (broad SMARTS) is 1. The first-order chi connectivity index (χ1) is 13.4. The molecule has 0 saturated carbocycles. The van der Waals surface area contributed by atoms with Crippen LogP contribution < -0.4 is 10.5 Å². The number of carbonyl (C=O) groups is 1. The molecule has 3 aromatic rings. The van der Waals surface area contributed by atoms with E-state index >= 15 is 0 Å². The molecule has 3 aromatic carbocycles. The van der Waals surface area contributed by atoms with Crippen LogP contribution in [-0.4, -0.2) is 26.0 Å². The number of sulfonamides is 1. The van der Waals surface area contributed by atoms with Crippen LogP contribution >= 0.6 is 0 Å². The van der Waals surface area contributed by atoms with E-state index in [9.17, 15) is 18.3 Å².